The fourth-order valence-corrected chi connectivity index (χ4v) is 2.13. The van der Waals surface area contributed by atoms with Crippen molar-refractivity contribution in [2.75, 3.05) is 13.7 Å². The molecule has 0 aromatic heterocycles. The van der Waals surface area contributed by atoms with Gasteiger partial charge in [-0.2, -0.15) is 0 Å². The minimum atomic E-state index is -1.89. The summed E-state index contributed by atoms with van der Waals surface area (Å²) in [5, 5.41) is 0. The minimum Gasteiger partial charge on any atom is -0.379 e. The molecule has 0 spiro atoms. The molecule has 0 heterocycles. The molecule has 0 bridgehead atoms. The van der Waals surface area contributed by atoms with Crippen molar-refractivity contribution >= 4 is 9.53 Å². The Balaban J connectivity index is 3.76. The van der Waals surface area contributed by atoms with Gasteiger partial charge in [0, 0.05) is 13.7 Å². The monoisotopic (exact) mass is 206 g/mol. The molecule has 0 aliphatic carbocycles. The fourth-order valence-electron chi connectivity index (χ4n) is 0.710. The van der Waals surface area contributed by atoms with E-state index in [1.165, 1.54) is 0 Å². The van der Waals surface area contributed by atoms with Gasteiger partial charge in [-0.05, 0) is 26.7 Å². The molecule has 0 rings (SSSR count). The van der Waals surface area contributed by atoms with Gasteiger partial charge in [0.2, 0.25) is 0 Å². The summed E-state index contributed by atoms with van der Waals surface area (Å²) in [6, 6.07) is 0. The second kappa shape index (κ2) is 5.75. The highest BCUT2D eigenvalue weighted by atomic mass is 28.3. The fraction of sp³-hybridized carbons (Fsp3) is 1.00. The largest absolute Gasteiger partial charge is 0.484 e. The van der Waals surface area contributed by atoms with E-state index < -0.39 is 9.53 Å². The van der Waals surface area contributed by atoms with Crippen LogP contribution in [0.3, 0.4) is 0 Å². The van der Waals surface area contributed by atoms with Gasteiger partial charge in [0.15, 0.2) is 0 Å². The topological polar surface area (TPSA) is 27.7 Å². The van der Waals surface area contributed by atoms with Crippen molar-refractivity contribution in [2.45, 2.75) is 40.2 Å². The minimum absolute atomic E-state index is 0.177. The van der Waals surface area contributed by atoms with Crippen LogP contribution in [-0.4, -0.2) is 28.8 Å². The van der Waals surface area contributed by atoms with Gasteiger partial charge < -0.3 is 13.3 Å². The molecule has 4 heteroatoms. The number of hydrogen-bond donors (Lipinski definition) is 0. The molecular formula is C9H22O3Si. The zero-order valence-electron chi connectivity index (χ0n) is 9.59. The summed E-state index contributed by atoms with van der Waals surface area (Å²) in [7, 11) is -0.252. The molecule has 0 saturated heterocycles. The highest BCUT2D eigenvalue weighted by molar-refractivity contribution is 6.36. The molecular weight excluding hydrogens is 184 g/mol. The zero-order valence-corrected chi connectivity index (χ0v) is 10.7. The van der Waals surface area contributed by atoms with Gasteiger partial charge in [-0.3, -0.25) is 0 Å². The number of hydrogen-bond acceptors (Lipinski definition) is 3. The molecule has 3 nitrogen and oxygen atoms in total. The van der Waals surface area contributed by atoms with Crippen LogP contribution >= 0.6 is 0 Å². The summed E-state index contributed by atoms with van der Waals surface area (Å²) < 4.78 is 16.3. The first-order valence-electron chi connectivity index (χ1n) is 4.67. The van der Waals surface area contributed by atoms with Crippen molar-refractivity contribution in [3.05, 3.63) is 0 Å². The number of rotatable bonds is 5. The zero-order chi connectivity index (χ0) is 10.5. The van der Waals surface area contributed by atoms with Crippen LogP contribution in [0, 0.1) is 5.92 Å². The molecule has 0 aliphatic heterocycles. The molecule has 0 radical (unpaired) electrons. The standard InChI is InChI=1S/C9H22O3Si/c1-8(2)7-11-13(10-6)12-9(3,4)5/h8,13H,7H2,1-6H3. The Morgan fingerprint density at radius 3 is 2.08 bits per heavy atom. The Bertz CT molecular complexity index is 131. The average molecular weight is 206 g/mol. The maximum Gasteiger partial charge on any atom is 0.484 e. The highest BCUT2D eigenvalue weighted by Gasteiger charge is 2.22. The van der Waals surface area contributed by atoms with Gasteiger partial charge in [0.25, 0.3) is 0 Å². The first kappa shape index (κ1) is 13.1. The van der Waals surface area contributed by atoms with Gasteiger partial charge in [0.1, 0.15) is 0 Å². The summed E-state index contributed by atoms with van der Waals surface area (Å²) in [5.41, 5.74) is -0.177. The lowest BCUT2D eigenvalue weighted by molar-refractivity contribution is 0.0277. The summed E-state index contributed by atoms with van der Waals surface area (Å²) in [6.07, 6.45) is 0. The Morgan fingerprint density at radius 1 is 1.23 bits per heavy atom. The summed E-state index contributed by atoms with van der Waals surface area (Å²) in [4.78, 5) is 0. The van der Waals surface area contributed by atoms with E-state index in [0.717, 1.165) is 0 Å². The molecule has 0 aromatic carbocycles. The van der Waals surface area contributed by atoms with Crippen LogP contribution < -0.4 is 0 Å². The van der Waals surface area contributed by atoms with Crippen LogP contribution in [0.25, 0.3) is 0 Å². The molecule has 1 unspecified atom stereocenters. The van der Waals surface area contributed by atoms with Gasteiger partial charge in [0.05, 0.1) is 5.60 Å². The third kappa shape index (κ3) is 8.43. The summed E-state index contributed by atoms with van der Waals surface area (Å²) in [6.45, 7) is 10.9. The third-order valence-corrected chi connectivity index (χ3v) is 2.96. The van der Waals surface area contributed by atoms with Crippen LogP contribution in [0.15, 0.2) is 0 Å². The summed E-state index contributed by atoms with van der Waals surface area (Å²) >= 11 is 0. The molecule has 80 valence electrons. The molecule has 0 aliphatic rings. The Hall–Kier alpha value is 0.0969. The molecule has 0 saturated carbocycles. The maximum absolute atomic E-state index is 5.63. The Kier molecular flexibility index (Phi) is 5.79. The van der Waals surface area contributed by atoms with E-state index in [2.05, 4.69) is 13.8 Å². The lowest BCUT2D eigenvalue weighted by Gasteiger charge is -2.25. The van der Waals surface area contributed by atoms with Gasteiger partial charge >= 0.3 is 9.53 Å². The van der Waals surface area contributed by atoms with Crippen LogP contribution in [0.1, 0.15) is 34.6 Å². The van der Waals surface area contributed by atoms with Crippen molar-refractivity contribution in [3.8, 4) is 0 Å². The molecule has 0 aromatic rings. The smallest absolute Gasteiger partial charge is 0.379 e. The van der Waals surface area contributed by atoms with Crippen LogP contribution in [0.2, 0.25) is 0 Å². The average Bonchev–Trinajstić information content (AvgIpc) is 1.95. The van der Waals surface area contributed by atoms with Crippen molar-refractivity contribution in [1.29, 1.82) is 0 Å². The molecule has 1 atom stereocenters. The normalized spacial score (nSPS) is 15.0. The van der Waals surface area contributed by atoms with E-state index >= 15 is 0 Å². The van der Waals surface area contributed by atoms with Gasteiger partial charge in [-0.15, -0.1) is 0 Å². The van der Waals surface area contributed by atoms with Crippen molar-refractivity contribution in [3.63, 3.8) is 0 Å². The predicted octanol–water partition coefficient (Wildman–Crippen LogP) is 1.84. The second-order valence-corrected chi connectivity index (χ2v) is 6.10. The maximum atomic E-state index is 5.63. The lowest BCUT2D eigenvalue weighted by atomic mass is 10.2. The first-order chi connectivity index (χ1) is 5.85. The Labute approximate surface area is 83.3 Å². The summed E-state index contributed by atoms with van der Waals surface area (Å²) in [5.74, 6) is 0.522. The Morgan fingerprint density at radius 2 is 1.77 bits per heavy atom. The van der Waals surface area contributed by atoms with Crippen LogP contribution in [0.4, 0.5) is 0 Å². The third-order valence-electron chi connectivity index (χ3n) is 1.21. The van der Waals surface area contributed by atoms with Crippen molar-refractivity contribution in [1.82, 2.24) is 0 Å². The van der Waals surface area contributed by atoms with Crippen LogP contribution in [0.5, 0.6) is 0 Å². The highest BCUT2D eigenvalue weighted by Crippen LogP contribution is 2.10. The van der Waals surface area contributed by atoms with E-state index in [4.69, 9.17) is 13.3 Å². The van der Waals surface area contributed by atoms with E-state index in [0.29, 0.717) is 12.5 Å². The van der Waals surface area contributed by atoms with Gasteiger partial charge in [-0.25, -0.2) is 0 Å². The second-order valence-electron chi connectivity index (χ2n) is 4.48. The van der Waals surface area contributed by atoms with Crippen molar-refractivity contribution < 1.29 is 13.3 Å². The predicted molar refractivity (Wildman–Crippen MR) is 55.8 cm³/mol. The van der Waals surface area contributed by atoms with E-state index in [1.54, 1.807) is 7.11 Å². The van der Waals surface area contributed by atoms with Crippen LogP contribution in [-0.2, 0) is 13.3 Å². The van der Waals surface area contributed by atoms with E-state index in [-0.39, 0.29) is 5.60 Å². The molecule has 0 amide bonds. The first-order valence-corrected chi connectivity index (χ1v) is 6.09. The van der Waals surface area contributed by atoms with Crippen molar-refractivity contribution in [2.24, 2.45) is 5.92 Å². The quantitative estimate of drug-likeness (QED) is 0.642. The SMILES string of the molecule is CO[SiH](OCC(C)C)OC(C)(C)C. The molecule has 0 N–H and O–H groups in total. The lowest BCUT2D eigenvalue weighted by Crippen LogP contribution is -2.35. The van der Waals surface area contributed by atoms with E-state index in [1.807, 2.05) is 20.8 Å². The molecule has 13 heavy (non-hydrogen) atoms. The molecule has 0 fully saturated rings. The van der Waals surface area contributed by atoms with Gasteiger partial charge in [-0.1, -0.05) is 13.8 Å². The van der Waals surface area contributed by atoms with E-state index in [9.17, 15) is 0 Å².